The minimum atomic E-state index is -1.11. The fourth-order valence-electron chi connectivity index (χ4n) is 5.71. The van der Waals surface area contributed by atoms with Crippen LogP contribution in [0.2, 0.25) is 5.02 Å². The van der Waals surface area contributed by atoms with E-state index in [4.69, 9.17) is 11.6 Å². The molecule has 258 valence electrons. The zero-order valence-corrected chi connectivity index (χ0v) is 28.4. The van der Waals surface area contributed by atoms with Crippen LogP contribution in [-0.4, -0.2) is 95.0 Å². The number of halogens is 1. The van der Waals surface area contributed by atoms with Gasteiger partial charge < -0.3 is 26.2 Å². The first kappa shape index (κ1) is 36.5. The standard InChI is InChI=1S/C35H46ClN7O5/c1-24(2)31(41-29-11-8-9-17-37-29)35(48)43-21-20-42(22-25-13-15-26(36)16-14-25)28(23-43)33(46)40-27-10-6-4-3-5-7-12-30(44)38-18-19-39-34(47)32(27)45/h4,6,8-9,11,13-17,24,27-28,31H,3,5,7,10,12,18-23H2,1-2H3,(H,37,41)(H,38,44)(H,39,47)(H,40,46)/b6-4+/t27-,28-,31?/m1/s1. The zero-order valence-electron chi connectivity index (χ0n) is 27.6. The number of piperazine rings is 1. The molecule has 0 aliphatic carbocycles. The fraction of sp³-hybridized carbons (Fsp3) is 0.486. The number of allylic oxidation sites excluding steroid dienone is 1. The van der Waals surface area contributed by atoms with E-state index in [2.05, 4.69) is 26.3 Å². The first-order valence-corrected chi connectivity index (χ1v) is 17.0. The summed E-state index contributed by atoms with van der Waals surface area (Å²) >= 11 is 6.11. The van der Waals surface area contributed by atoms with E-state index in [9.17, 15) is 24.0 Å². The van der Waals surface area contributed by atoms with E-state index >= 15 is 0 Å². The Kier molecular flexibility index (Phi) is 13.9. The first-order chi connectivity index (χ1) is 23.1. The van der Waals surface area contributed by atoms with E-state index in [1.54, 1.807) is 41.4 Å². The summed E-state index contributed by atoms with van der Waals surface area (Å²) in [7, 11) is 0. The lowest BCUT2D eigenvalue weighted by Gasteiger charge is -2.42. The summed E-state index contributed by atoms with van der Waals surface area (Å²) in [4.78, 5) is 74.1. The maximum absolute atomic E-state index is 14.1. The van der Waals surface area contributed by atoms with Crippen LogP contribution in [0.3, 0.4) is 0 Å². The molecule has 1 aromatic heterocycles. The lowest BCUT2D eigenvalue weighted by Crippen LogP contribution is -2.63. The van der Waals surface area contributed by atoms with Gasteiger partial charge in [-0.2, -0.15) is 0 Å². The molecule has 0 radical (unpaired) electrons. The van der Waals surface area contributed by atoms with Gasteiger partial charge >= 0.3 is 0 Å². The summed E-state index contributed by atoms with van der Waals surface area (Å²) in [5.41, 5.74) is 0.938. The number of hydrogen-bond acceptors (Lipinski definition) is 8. The third-order valence-electron chi connectivity index (χ3n) is 8.46. The average Bonchev–Trinajstić information content (AvgIpc) is 3.08. The van der Waals surface area contributed by atoms with Crippen LogP contribution in [0, 0.1) is 5.92 Å². The number of carbonyl (C=O) groups is 5. The highest BCUT2D eigenvalue weighted by Crippen LogP contribution is 2.20. The third kappa shape index (κ3) is 10.9. The molecule has 0 spiro atoms. The van der Waals surface area contributed by atoms with Gasteiger partial charge in [-0.3, -0.25) is 28.9 Å². The van der Waals surface area contributed by atoms with E-state index in [1.807, 2.05) is 43.0 Å². The molecule has 1 unspecified atom stereocenters. The van der Waals surface area contributed by atoms with E-state index < -0.39 is 35.7 Å². The molecule has 3 atom stereocenters. The Morgan fingerprint density at radius 3 is 2.50 bits per heavy atom. The highest BCUT2D eigenvalue weighted by molar-refractivity contribution is 6.38. The Hall–Kier alpha value is -4.29. The molecule has 1 fully saturated rings. The van der Waals surface area contributed by atoms with Crippen molar-refractivity contribution < 1.29 is 24.0 Å². The van der Waals surface area contributed by atoms with E-state index in [0.29, 0.717) is 43.3 Å². The lowest BCUT2D eigenvalue weighted by atomic mass is 10.0. The number of rotatable bonds is 8. The number of aromatic nitrogens is 1. The van der Waals surface area contributed by atoms with Gasteiger partial charge in [0.05, 0.1) is 0 Å². The summed E-state index contributed by atoms with van der Waals surface area (Å²) in [6.07, 6.45) is 8.08. The highest BCUT2D eigenvalue weighted by atomic mass is 35.5. The quantitative estimate of drug-likeness (QED) is 0.246. The average molecular weight is 680 g/mol. The van der Waals surface area contributed by atoms with Crippen LogP contribution in [0.5, 0.6) is 0 Å². The number of carbonyl (C=O) groups excluding carboxylic acids is 5. The van der Waals surface area contributed by atoms with Crippen LogP contribution >= 0.6 is 11.6 Å². The van der Waals surface area contributed by atoms with Gasteiger partial charge in [-0.25, -0.2) is 4.98 Å². The molecule has 4 amide bonds. The second kappa shape index (κ2) is 18.3. The maximum Gasteiger partial charge on any atom is 0.289 e. The maximum atomic E-state index is 14.1. The van der Waals surface area contributed by atoms with Crippen LogP contribution in [0.4, 0.5) is 5.82 Å². The van der Waals surface area contributed by atoms with Crippen LogP contribution in [0.25, 0.3) is 0 Å². The number of pyridine rings is 1. The van der Waals surface area contributed by atoms with Gasteiger partial charge in [-0.15, -0.1) is 0 Å². The van der Waals surface area contributed by atoms with E-state index in [1.165, 1.54) is 0 Å². The minimum Gasteiger partial charge on any atom is -0.358 e. The second-order valence-corrected chi connectivity index (χ2v) is 12.9. The lowest BCUT2D eigenvalue weighted by molar-refractivity contribution is -0.142. The zero-order chi connectivity index (χ0) is 34.5. The topological polar surface area (TPSA) is 153 Å². The molecule has 13 heteroatoms. The Labute approximate surface area is 287 Å². The summed E-state index contributed by atoms with van der Waals surface area (Å²) < 4.78 is 0. The van der Waals surface area contributed by atoms with Crippen molar-refractivity contribution in [3.8, 4) is 0 Å². The number of nitrogens with zero attached hydrogens (tertiary/aromatic N) is 3. The smallest absolute Gasteiger partial charge is 0.289 e. The van der Waals surface area contributed by atoms with Crippen LogP contribution in [-0.2, 0) is 30.5 Å². The predicted octanol–water partition coefficient (Wildman–Crippen LogP) is 2.69. The molecule has 3 heterocycles. The van der Waals surface area contributed by atoms with Crippen molar-refractivity contribution in [2.75, 3.05) is 38.0 Å². The molecule has 48 heavy (non-hydrogen) atoms. The third-order valence-corrected chi connectivity index (χ3v) is 8.71. The van der Waals surface area contributed by atoms with Gasteiger partial charge in [0.1, 0.15) is 23.9 Å². The normalized spacial score (nSPS) is 21.7. The largest absolute Gasteiger partial charge is 0.358 e. The Morgan fingerprint density at radius 1 is 1.00 bits per heavy atom. The molecule has 1 saturated heterocycles. The van der Waals surface area contributed by atoms with Gasteiger partial charge in [-0.05, 0) is 61.4 Å². The molecule has 12 nitrogen and oxygen atoms in total. The first-order valence-electron chi connectivity index (χ1n) is 16.6. The van der Waals surface area contributed by atoms with Crippen LogP contribution in [0.1, 0.15) is 51.5 Å². The number of hydrogen-bond donors (Lipinski definition) is 4. The number of Topliss-reactive ketones (excluding diaryl/α,β-unsaturated/α-hetero) is 1. The molecular formula is C35H46ClN7O5. The number of anilines is 1. The molecule has 4 N–H and O–H groups in total. The molecule has 1 aromatic carbocycles. The van der Waals surface area contributed by atoms with Crippen molar-refractivity contribution in [3.63, 3.8) is 0 Å². The molecule has 0 bridgehead atoms. The van der Waals surface area contributed by atoms with E-state index in [-0.39, 0.29) is 43.8 Å². The number of benzene rings is 1. The van der Waals surface area contributed by atoms with Gasteiger partial charge in [0.2, 0.25) is 23.5 Å². The van der Waals surface area contributed by atoms with Crippen molar-refractivity contribution in [1.82, 2.24) is 30.7 Å². The second-order valence-electron chi connectivity index (χ2n) is 12.5. The van der Waals surface area contributed by atoms with Crippen molar-refractivity contribution in [1.29, 1.82) is 0 Å². The van der Waals surface area contributed by atoms with Crippen LogP contribution < -0.4 is 21.3 Å². The van der Waals surface area contributed by atoms with Crippen molar-refractivity contribution in [2.24, 2.45) is 5.92 Å². The van der Waals surface area contributed by atoms with Crippen molar-refractivity contribution in [2.45, 2.75) is 70.6 Å². The monoisotopic (exact) mass is 679 g/mol. The number of ketones is 1. The Balaban J connectivity index is 1.54. The van der Waals surface area contributed by atoms with Crippen LogP contribution in [0.15, 0.2) is 60.8 Å². The summed E-state index contributed by atoms with van der Waals surface area (Å²) in [6, 6.07) is 10.3. The van der Waals surface area contributed by atoms with E-state index in [0.717, 1.165) is 18.4 Å². The van der Waals surface area contributed by atoms with Gasteiger partial charge in [-0.1, -0.05) is 55.8 Å². The SMILES string of the molecule is CC(C)C(Nc1ccccn1)C(=O)N1CCN(Cc2ccc(Cl)cc2)[C@@H](C(=O)N[C@@H]2C/C=C/CCCCC(=O)NCCNC(=O)C2=O)C1. The number of amides is 4. The Bertz CT molecular complexity index is 1440. The predicted molar refractivity (Wildman–Crippen MR) is 184 cm³/mol. The molecule has 0 saturated carbocycles. The van der Waals surface area contributed by atoms with Crippen molar-refractivity contribution in [3.05, 3.63) is 71.4 Å². The summed E-state index contributed by atoms with van der Waals surface area (Å²) in [5, 5.41) is 12.0. The van der Waals surface area contributed by atoms with Gasteiger partial charge in [0.15, 0.2) is 0 Å². The molecule has 2 aliphatic rings. The fourth-order valence-corrected chi connectivity index (χ4v) is 5.84. The minimum absolute atomic E-state index is 0.0656. The highest BCUT2D eigenvalue weighted by Gasteiger charge is 2.39. The Morgan fingerprint density at radius 2 is 1.77 bits per heavy atom. The molecular weight excluding hydrogens is 634 g/mol. The summed E-state index contributed by atoms with van der Waals surface area (Å²) in [5.74, 6) is -1.81. The van der Waals surface area contributed by atoms with Crippen molar-refractivity contribution >= 4 is 46.8 Å². The van der Waals surface area contributed by atoms with Gasteiger partial charge in [0, 0.05) is 56.9 Å². The summed E-state index contributed by atoms with van der Waals surface area (Å²) in [6.45, 7) is 5.50. The molecule has 2 aliphatic heterocycles. The van der Waals surface area contributed by atoms with Gasteiger partial charge in [0.25, 0.3) is 5.91 Å². The number of nitrogens with one attached hydrogen (secondary N) is 4. The molecule has 2 aromatic rings. The molecule has 4 rings (SSSR count).